The van der Waals surface area contributed by atoms with Crippen LogP contribution in [0, 0.1) is 20.8 Å². The highest BCUT2D eigenvalue weighted by Gasteiger charge is 2.35. The van der Waals surface area contributed by atoms with Crippen molar-refractivity contribution in [1.82, 2.24) is 9.55 Å². The second-order valence-corrected chi connectivity index (χ2v) is 10.6. The number of carbonyl (C=O) groups is 1. The van der Waals surface area contributed by atoms with Gasteiger partial charge in [-0.25, -0.2) is 4.98 Å². The van der Waals surface area contributed by atoms with Crippen LogP contribution in [0.1, 0.15) is 66.6 Å². The van der Waals surface area contributed by atoms with Gasteiger partial charge >= 0.3 is 0 Å². The fourth-order valence-corrected chi connectivity index (χ4v) is 5.43. The van der Waals surface area contributed by atoms with Gasteiger partial charge < -0.3 is 14.2 Å². The third-order valence-corrected chi connectivity index (χ3v) is 7.62. The van der Waals surface area contributed by atoms with Crippen LogP contribution in [0.2, 0.25) is 0 Å². The molecular weight excluding hydrogens is 458 g/mol. The Bertz CT molecular complexity index is 1440. The minimum absolute atomic E-state index is 0.0602. The molecule has 0 radical (unpaired) electrons. The van der Waals surface area contributed by atoms with Gasteiger partial charge in [0.05, 0.1) is 17.6 Å². The molecule has 3 aromatic carbocycles. The van der Waals surface area contributed by atoms with Crippen LogP contribution in [0.25, 0.3) is 11.0 Å². The Kier molecular flexibility index (Phi) is 7.05. The zero-order chi connectivity index (χ0) is 26.1. The molecule has 1 aliphatic rings. The maximum Gasteiger partial charge on any atom is 0.227 e. The van der Waals surface area contributed by atoms with E-state index in [0.717, 1.165) is 41.3 Å². The quantitative estimate of drug-likeness (QED) is 0.246. The summed E-state index contributed by atoms with van der Waals surface area (Å²) in [5, 5.41) is 0. The van der Waals surface area contributed by atoms with Crippen molar-refractivity contribution in [3.8, 4) is 5.75 Å². The number of para-hydroxylation sites is 2. The lowest BCUT2D eigenvalue weighted by Crippen LogP contribution is -2.25. The Labute approximate surface area is 220 Å². The first-order valence-electron chi connectivity index (χ1n) is 13.4. The van der Waals surface area contributed by atoms with E-state index in [9.17, 15) is 4.79 Å². The first-order valence-corrected chi connectivity index (χ1v) is 13.4. The molecule has 5 heteroatoms. The number of ether oxygens (including phenoxy) is 1. The number of aromatic nitrogens is 2. The van der Waals surface area contributed by atoms with E-state index < -0.39 is 0 Å². The normalized spacial score (nSPS) is 15.8. The minimum atomic E-state index is 0.0602. The number of rotatable bonds is 8. The lowest BCUT2D eigenvalue weighted by molar-refractivity contribution is -0.117. The number of carbonyl (C=O) groups excluding carboxylic acids is 1. The van der Waals surface area contributed by atoms with Gasteiger partial charge in [0.2, 0.25) is 5.91 Å². The largest absolute Gasteiger partial charge is 0.493 e. The fourth-order valence-electron chi connectivity index (χ4n) is 5.43. The summed E-state index contributed by atoms with van der Waals surface area (Å²) in [5.74, 6) is 2.63. The molecule has 1 unspecified atom stereocenters. The van der Waals surface area contributed by atoms with Gasteiger partial charge in [0.25, 0.3) is 0 Å². The molecule has 5 nitrogen and oxygen atoms in total. The molecule has 1 atom stereocenters. The predicted molar refractivity (Wildman–Crippen MR) is 151 cm³/mol. The summed E-state index contributed by atoms with van der Waals surface area (Å²) in [6.07, 6.45) is 1.34. The fraction of sp³-hybridized carbons (Fsp3) is 0.375. The molecule has 0 spiro atoms. The van der Waals surface area contributed by atoms with Crippen LogP contribution in [0.15, 0.2) is 60.7 Å². The van der Waals surface area contributed by atoms with Crippen LogP contribution in [0.4, 0.5) is 5.69 Å². The van der Waals surface area contributed by atoms with Gasteiger partial charge in [0, 0.05) is 31.1 Å². The molecule has 1 fully saturated rings. The SMILES string of the molecule is Cc1ccc(C(C)C)c(OCCCn2c(C3CC(=O)N(c4cccc(C)c4C)C3)nc3ccccc32)c1. The molecule has 0 bridgehead atoms. The van der Waals surface area contributed by atoms with E-state index in [1.165, 1.54) is 22.3 Å². The van der Waals surface area contributed by atoms with Crippen LogP contribution in [0.3, 0.4) is 0 Å². The average Bonchev–Trinajstić information content (AvgIpc) is 3.44. The third kappa shape index (κ3) is 5.00. The summed E-state index contributed by atoms with van der Waals surface area (Å²) >= 11 is 0. The number of aryl methyl sites for hydroxylation is 3. The second-order valence-electron chi connectivity index (χ2n) is 10.6. The van der Waals surface area contributed by atoms with Gasteiger partial charge in [-0.1, -0.05) is 50.2 Å². The number of amides is 1. The van der Waals surface area contributed by atoms with Crippen LogP contribution >= 0.6 is 0 Å². The first kappa shape index (κ1) is 25.1. The van der Waals surface area contributed by atoms with E-state index >= 15 is 0 Å². The van der Waals surface area contributed by atoms with Gasteiger partial charge in [-0.05, 0) is 79.6 Å². The summed E-state index contributed by atoms with van der Waals surface area (Å²) in [7, 11) is 0. The van der Waals surface area contributed by atoms with Crippen molar-refractivity contribution in [2.75, 3.05) is 18.1 Å². The summed E-state index contributed by atoms with van der Waals surface area (Å²) in [6, 6.07) is 20.9. The number of fused-ring (bicyclic) bond motifs is 1. The molecule has 0 N–H and O–H groups in total. The number of benzene rings is 3. The monoisotopic (exact) mass is 495 g/mol. The number of hydrogen-bond donors (Lipinski definition) is 0. The van der Waals surface area contributed by atoms with E-state index in [4.69, 9.17) is 9.72 Å². The van der Waals surface area contributed by atoms with Crippen LogP contribution in [0.5, 0.6) is 5.75 Å². The molecular formula is C32H37N3O2. The molecule has 1 amide bonds. The van der Waals surface area contributed by atoms with Gasteiger partial charge in [0.1, 0.15) is 11.6 Å². The number of nitrogens with zero attached hydrogens (tertiary/aromatic N) is 3. The molecule has 192 valence electrons. The third-order valence-electron chi connectivity index (χ3n) is 7.62. The maximum atomic E-state index is 13.1. The Hall–Kier alpha value is -3.60. The Balaban J connectivity index is 1.36. The van der Waals surface area contributed by atoms with E-state index in [-0.39, 0.29) is 11.8 Å². The molecule has 37 heavy (non-hydrogen) atoms. The highest BCUT2D eigenvalue weighted by molar-refractivity contribution is 5.97. The zero-order valence-corrected chi connectivity index (χ0v) is 22.6. The Morgan fingerprint density at radius 1 is 1.03 bits per heavy atom. The van der Waals surface area contributed by atoms with Gasteiger partial charge in [-0.3, -0.25) is 4.79 Å². The lowest BCUT2D eigenvalue weighted by Gasteiger charge is -2.20. The predicted octanol–water partition coefficient (Wildman–Crippen LogP) is 7.07. The molecule has 0 aliphatic carbocycles. The van der Waals surface area contributed by atoms with Crippen molar-refractivity contribution in [1.29, 1.82) is 0 Å². The lowest BCUT2D eigenvalue weighted by atomic mass is 10.0. The van der Waals surface area contributed by atoms with Crippen molar-refractivity contribution in [3.63, 3.8) is 0 Å². The van der Waals surface area contributed by atoms with Gasteiger partial charge in [0.15, 0.2) is 0 Å². The van der Waals surface area contributed by atoms with E-state index in [1.807, 2.05) is 17.0 Å². The molecule has 4 aromatic rings. The molecule has 0 saturated carbocycles. The Morgan fingerprint density at radius 2 is 1.84 bits per heavy atom. The van der Waals surface area contributed by atoms with Crippen molar-refractivity contribution < 1.29 is 9.53 Å². The number of anilines is 1. The summed E-state index contributed by atoms with van der Waals surface area (Å²) in [6.45, 7) is 12.8. The minimum Gasteiger partial charge on any atom is -0.493 e. The van der Waals surface area contributed by atoms with E-state index in [2.05, 4.69) is 87.7 Å². The van der Waals surface area contributed by atoms with E-state index in [0.29, 0.717) is 25.5 Å². The van der Waals surface area contributed by atoms with Crippen molar-refractivity contribution in [2.45, 2.75) is 65.8 Å². The smallest absolute Gasteiger partial charge is 0.227 e. The van der Waals surface area contributed by atoms with E-state index in [1.54, 1.807) is 0 Å². The molecule has 1 aromatic heterocycles. The van der Waals surface area contributed by atoms with Crippen molar-refractivity contribution in [3.05, 3.63) is 88.7 Å². The molecule has 1 saturated heterocycles. The van der Waals surface area contributed by atoms with Crippen molar-refractivity contribution in [2.24, 2.45) is 0 Å². The van der Waals surface area contributed by atoms with Crippen LogP contribution in [-0.4, -0.2) is 28.6 Å². The van der Waals surface area contributed by atoms with Crippen LogP contribution in [-0.2, 0) is 11.3 Å². The summed E-state index contributed by atoms with van der Waals surface area (Å²) < 4.78 is 8.58. The number of imidazole rings is 1. The van der Waals surface area contributed by atoms with Crippen LogP contribution < -0.4 is 9.64 Å². The van der Waals surface area contributed by atoms with Crippen molar-refractivity contribution >= 4 is 22.6 Å². The molecule has 5 rings (SSSR count). The first-order chi connectivity index (χ1) is 17.8. The molecule has 2 heterocycles. The molecule has 1 aliphatic heterocycles. The topological polar surface area (TPSA) is 47.4 Å². The zero-order valence-electron chi connectivity index (χ0n) is 22.6. The standard InChI is InChI=1S/C32H37N3O2/c1-21(2)26-15-14-22(3)18-30(26)37-17-9-16-34-29-12-7-6-11-27(29)33-32(34)25-19-31(36)35(20-25)28-13-8-10-23(4)24(28)5/h6-8,10-15,18,21,25H,9,16-17,19-20H2,1-5H3. The summed E-state index contributed by atoms with van der Waals surface area (Å²) in [4.78, 5) is 20.1. The average molecular weight is 496 g/mol. The summed E-state index contributed by atoms with van der Waals surface area (Å²) in [5.41, 5.74) is 7.94. The highest BCUT2D eigenvalue weighted by Crippen LogP contribution is 2.35. The highest BCUT2D eigenvalue weighted by atomic mass is 16.5. The maximum absolute atomic E-state index is 13.1. The second kappa shape index (κ2) is 10.4. The Morgan fingerprint density at radius 3 is 2.65 bits per heavy atom. The van der Waals surface area contributed by atoms with Gasteiger partial charge in [-0.15, -0.1) is 0 Å². The number of hydrogen-bond acceptors (Lipinski definition) is 3. The van der Waals surface area contributed by atoms with Gasteiger partial charge in [-0.2, -0.15) is 0 Å².